The van der Waals surface area contributed by atoms with Crippen LogP contribution < -0.4 is 10.6 Å². The van der Waals surface area contributed by atoms with E-state index in [1.807, 2.05) is 47.9 Å². The monoisotopic (exact) mass is 376 g/mol. The third kappa shape index (κ3) is 2.48. The largest absolute Gasteiger partial charge is 0.390 e. The zero-order chi connectivity index (χ0) is 19.3. The number of rotatable bonds is 2. The number of aromatic nitrogens is 2. The highest BCUT2D eigenvalue weighted by Gasteiger charge is 2.52. The molecule has 2 aliphatic rings. The molecule has 2 aromatic heterocycles. The van der Waals surface area contributed by atoms with E-state index in [2.05, 4.69) is 21.7 Å². The molecule has 3 aromatic rings. The van der Waals surface area contributed by atoms with Crippen molar-refractivity contribution in [2.24, 2.45) is 0 Å². The molecule has 1 aromatic carbocycles. The van der Waals surface area contributed by atoms with Crippen LogP contribution in [0.15, 0.2) is 48.8 Å². The topological polar surface area (TPSA) is 78.7 Å². The van der Waals surface area contributed by atoms with E-state index in [9.17, 15) is 9.90 Å². The average molecular weight is 376 g/mol. The maximum Gasteiger partial charge on any atom is 0.272 e. The van der Waals surface area contributed by atoms with E-state index < -0.39 is 12.1 Å². The Morgan fingerprint density at radius 2 is 2.04 bits per heavy atom. The molecule has 1 amide bonds. The maximum atomic E-state index is 13.0. The highest BCUT2D eigenvalue weighted by molar-refractivity contribution is 5.93. The van der Waals surface area contributed by atoms with E-state index in [1.54, 1.807) is 6.20 Å². The first-order chi connectivity index (χ1) is 13.6. The molecule has 1 aliphatic heterocycles. The summed E-state index contributed by atoms with van der Waals surface area (Å²) in [6, 6.07) is 11.6. The van der Waals surface area contributed by atoms with Gasteiger partial charge < -0.3 is 20.1 Å². The third-order valence-corrected chi connectivity index (χ3v) is 6.41. The summed E-state index contributed by atoms with van der Waals surface area (Å²) in [7, 11) is 0. The summed E-state index contributed by atoms with van der Waals surface area (Å²) in [5.41, 5.74) is 4.04. The van der Waals surface area contributed by atoms with Crippen LogP contribution in [0.2, 0.25) is 0 Å². The van der Waals surface area contributed by atoms with Crippen molar-refractivity contribution < 1.29 is 9.90 Å². The molecule has 0 unspecified atom stereocenters. The fraction of sp³-hybridized carbons (Fsp3) is 0.364. The first-order valence-electron chi connectivity index (χ1n) is 9.83. The van der Waals surface area contributed by atoms with Gasteiger partial charge in [0.05, 0.1) is 12.1 Å². The van der Waals surface area contributed by atoms with Crippen molar-refractivity contribution in [1.82, 2.24) is 20.0 Å². The molecule has 1 aliphatic carbocycles. The van der Waals surface area contributed by atoms with Gasteiger partial charge in [-0.15, -0.1) is 0 Å². The second-order valence-corrected chi connectivity index (χ2v) is 7.94. The number of aliphatic hydroxyl groups excluding tert-OH is 1. The Hall–Kier alpha value is -2.70. The normalized spacial score (nSPS) is 23.1. The summed E-state index contributed by atoms with van der Waals surface area (Å²) in [5, 5.41) is 17.7. The van der Waals surface area contributed by atoms with E-state index in [4.69, 9.17) is 0 Å². The van der Waals surface area contributed by atoms with Crippen LogP contribution in [0.1, 0.15) is 46.1 Å². The number of hydrogen-bond acceptors (Lipinski definition) is 4. The van der Waals surface area contributed by atoms with Crippen molar-refractivity contribution in [2.75, 3.05) is 13.1 Å². The van der Waals surface area contributed by atoms with Gasteiger partial charge in [0, 0.05) is 17.8 Å². The van der Waals surface area contributed by atoms with Crippen LogP contribution in [-0.4, -0.2) is 39.6 Å². The number of pyridine rings is 1. The number of aryl methyl sites for hydroxylation is 1. The van der Waals surface area contributed by atoms with E-state index in [0.29, 0.717) is 5.69 Å². The number of carbonyl (C=O) groups excluding carboxylic acids is 1. The molecule has 3 heterocycles. The number of nitrogens with one attached hydrogen (secondary N) is 2. The molecule has 6 heteroatoms. The number of nitrogens with zero attached hydrogens (tertiary/aromatic N) is 2. The minimum atomic E-state index is -0.644. The van der Waals surface area contributed by atoms with Crippen LogP contribution in [0.25, 0.3) is 5.65 Å². The summed E-state index contributed by atoms with van der Waals surface area (Å²) in [4.78, 5) is 17.5. The molecule has 2 atom stereocenters. The molecular weight excluding hydrogens is 352 g/mol. The van der Waals surface area contributed by atoms with Crippen LogP contribution >= 0.6 is 0 Å². The van der Waals surface area contributed by atoms with Crippen molar-refractivity contribution in [2.45, 2.75) is 37.3 Å². The number of piperidine rings is 1. The van der Waals surface area contributed by atoms with Crippen molar-refractivity contribution in [3.8, 4) is 0 Å². The van der Waals surface area contributed by atoms with Gasteiger partial charge in [-0.3, -0.25) is 4.79 Å². The van der Waals surface area contributed by atoms with Crippen molar-refractivity contribution in [3.63, 3.8) is 0 Å². The lowest BCUT2D eigenvalue weighted by atomic mass is 9.72. The van der Waals surface area contributed by atoms with Gasteiger partial charge in [0.25, 0.3) is 5.91 Å². The van der Waals surface area contributed by atoms with Gasteiger partial charge in [0.15, 0.2) is 0 Å². The number of aliphatic hydroxyl groups is 1. The number of amides is 1. The SMILES string of the molecule is Cc1cccn2cc(C(=O)N[C@@H]3c4ccccc4C4(CCNCC4)[C@H]3O)nc12. The Labute approximate surface area is 163 Å². The van der Waals surface area contributed by atoms with Gasteiger partial charge in [0.1, 0.15) is 11.3 Å². The highest BCUT2D eigenvalue weighted by atomic mass is 16.3. The summed E-state index contributed by atoms with van der Waals surface area (Å²) < 4.78 is 1.86. The van der Waals surface area contributed by atoms with Crippen LogP contribution in [0.5, 0.6) is 0 Å². The molecular formula is C22H24N4O2. The van der Waals surface area contributed by atoms with E-state index in [1.165, 1.54) is 5.56 Å². The summed E-state index contributed by atoms with van der Waals surface area (Å²) in [6.45, 7) is 3.72. The van der Waals surface area contributed by atoms with Crippen molar-refractivity contribution >= 4 is 11.6 Å². The maximum absolute atomic E-state index is 13.0. The Morgan fingerprint density at radius 3 is 2.82 bits per heavy atom. The number of carbonyl (C=O) groups is 1. The second-order valence-electron chi connectivity index (χ2n) is 7.94. The molecule has 5 rings (SSSR count). The number of hydrogen-bond donors (Lipinski definition) is 3. The van der Waals surface area contributed by atoms with Crippen molar-refractivity contribution in [1.29, 1.82) is 0 Å². The number of imidazole rings is 1. The van der Waals surface area contributed by atoms with Gasteiger partial charge >= 0.3 is 0 Å². The van der Waals surface area contributed by atoms with Crippen LogP contribution in [-0.2, 0) is 5.41 Å². The molecule has 1 saturated heterocycles. The summed E-state index contributed by atoms with van der Waals surface area (Å²) in [5.74, 6) is -0.257. The average Bonchev–Trinajstić information content (AvgIpc) is 3.25. The van der Waals surface area contributed by atoms with E-state index in [-0.39, 0.29) is 11.3 Å². The lowest BCUT2D eigenvalue weighted by molar-refractivity contribution is 0.0417. The first kappa shape index (κ1) is 17.4. The van der Waals surface area contributed by atoms with Crippen molar-refractivity contribution in [3.05, 3.63) is 71.2 Å². The Bertz CT molecular complexity index is 1050. The predicted molar refractivity (Wildman–Crippen MR) is 106 cm³/mol. The molecule has 3 N–H and O–H groups in total. The highest BCUT2D eigenvalue weighted by Crippen LogP contribution is 2.50. The molecule has 144 valence electrons. The quantitative estimate of drug-likeness (QED) is 0.640. The number of fused-ring (bicyclic) bond motifs is 3. The third-order valence-electron chi connectivity index (χ3n) is 6.41. The molecule has 0 saturated carbocycles. The smallest absolute Gasteiger partial charge is 0.272 e. The summed E-state index contributed by atoms with van der Waals surface area (Å²) >= 11 is 0. The van der Waals surface area contributed by atoms with E-state index >= 15 is 0 Å². The Balaban J connectivity index is 1.49. The van der Waals surface area contributed by atoms with E-state index in [0.717, 1.165) is 42.7 Å². The summed E-state index contributed by atoms with van der Waals surface area (Å²) in [6.07, 6.45) is 4.71. The van der Waals surface area contributed by atoms with Gasteiger partial charge in [-0.25, -0.2) is 4.98 Å². The van der Waals surface area contributed by atoms with Gasteiger partial charge in [-0.05, 0) is 55.6 Å². The zero-order valence-corrected chi connectivity index (χ0v) is 15.9. The standard InChI is InChI=1S/C22H24N4O2/c1-14-5-4-12-26-13-17(24-20(14)26)21(28)25-18-15-6-2-3-7-16(15)22(19(18)27)8-10-23-11-9-22/h2-7,12-13,18-19,23,27H,8-11H2,1H3,(H,25,28)/t18-,19+/m1/s1. The van der Waals surface area contributed by atoms with Gasteiger partial charge in [0.2, 0.25) is 0 Å². The molecule has 6 nitrogen and oxygen atoms in total. The fourth-order valence-corrected chi connectivity index (χ4v) is 4.94. The Morgan fingerprint density at radius 1 is 1.25 bits per heavy atom. The fourth-order valence-electron chi connectivity index (χ4n) is 4.94. The molecule has 28 heavy (non-hydrogen) atoms. The first-order valence-corrected chi connectivity index (χ1v) is 9.83. The van der Waals surface area contributed by atoms with Crippen LogP contribution in [0.3, 0.4) is 0 Å². The van der Waals surface area contributed by atoms with Crippen LogP contribution in [0.4, 0.5) is 0 Å². The zero-order valence-electron chi connectivity index (χ0n) is 15.9. The predicted octanol–water partition coefficient (Wildman–Crippen LogP) is 2.11. The second kappa shape index (κ2) is 6.43. The molecule has 1 fully saturated rings. The lowest BCUT2D eigenvalue weighted by Gasteiger charge is -2.38. The van der Waals surface area contributed by atoms with Crippen LogP contribution in [0, 0.1) is 6.92 Å². The molecule has 1 spiro atoms. The Kier molecular flexibility index (Phi) is 4.00. The minimum Gasteiger partial charge on any atom is -0.390 e. The molecule has 0 radical (unpaired) electrons. The van der Waals surface area contributed by atoms with Gasteiger partial charge in [-0.1, -0.05) is 30.3 Å². The lowest BCUT2D eigenvalue weighted by Crippen LogP contribution is -2.48. The minimum absolute atomic E-state index is 0.257. The number of benzene rings is 1. The molecule has 0 bridgehead atoms. The van der Waals surface area contributed by atoms with Gasteiger partial charge in [-0.2, -0.15) is 0 Å².